The molecule has 2 rings (SSSR count). The highest BCUT2D eigenvalue weighted by Gasteiger charge is 2.15. The molecular weight excluding hydrogens is 280 g/mol. The van der Waals surface area contributed by atoms with Gasteiger partial charge in [0.15, 0.2) is 5.78 Å². The molecule has 21 heavy (non-hydrogen) atoms. The molecule has 0 heterocycles. The Hall–Kier alpha value is -0.800. The van der Waals surface area contributed by atoms with Crippen LogP contribution < -0.4 is 0 Å². The number of rotatable bonds is 8. The average Bonchev–Trinajstić information content (AvgIpc) is 2.54. The predicted octanol–water partition coefficient (Wildman–Crippen LogP) is 4.70. The van der Waals surface area contributed by atoms with E-state index in [-0.39, 0.29) is 12.4 Å². The van der Waals surface area contributed by atoms with Gasteiger partial charge in [-0.2, -0.15) is 0 Å². The molecule has 1 saturated carbocycles. The van der Waals surface area contributed by atoms with Crippen LogP contribution in [0.3, 0.4) is 0 Å². The molecule has 0 aromatic heterocycles. The van der Waals surface area contributed by atoms with Crippen molar-refractivity contribution in [2.45, 2.75) is 56.3 Å². The van der Waals surface area contributed by atoms with E-state index in [2.05, 4.69) is 0 Å². The summed E-state index contributed by atoms with van der Waals surface area (Å²) >= 11 is 1.73. The van der Waals surface area contributed by atoms with Crippen LogP contribution in [0.1, 0.15) is 61.7 Å². The van der Waals surface area contributed by atoms with E-state index >= 15 is 0 Å². The van der Waals surface area contributed by atoms with Crippen LogP contribution in [-0.2, 0) is 0 Å². The van der Waals surface area contributed by atoms with Crippen molar-refractivity contribution in [3.63, 3.8) is 0 Å². The first-order valence-corrected chi connectivity index (χ1v) is 9.15. The second-order valence-electron chi connectivity index (χ2n) is 5.92. The first-order chi connectivity index (χ1) is 10.3. The van der Waals surface area contributed by atoms with Gasteiger partial charge >= 0.3 is 0 Å². The van der Waals surface area contributed by atoms with Crippen LogP contribution in [-0.4, -0.2) is 23.2 Å². The van der Waals surface area contributed by atoms with Crippen molar-refractivity contribution in [2.24, 2.45) is 5.92 Å². The monoisotopic (exact) mass is 306 g/mol. The highest BCUT2D eigenvalue weighted by Crippen LogP contribution is 2.28. The van der Waals surface area contributed by atoms with Crippen molar-refractivity contribution in [1.82, 2.24) is 0 Å². The SMILES string of the molecule is O=C(CCC1CCCCC1)c1ccc(SCCCO)cc1. The van der Waals surface area contributed by atoms with E-state index < -0.39 is 0 Å². The number of aliphatic hydroxyl groups is 1. The van der Waals surface area contributed by atoms with Crippen LogP contribution in [0.5, 0.6) is 0 Å². The summed E-state index contributed by atoms with van der Waals surface area (Å²) in [5.41, 5.74) is 0.845. The third-order valence-corrected chi connectivity index (χ3v) is 5.35. The average molecular weight is 306 g/mol. The molecule has 0 unspecified atom stereocenters. The van der Waals surface area contributed by atoms with Gasteiger partial charge in [-0.3, -0.25) is 4.79 Å². The third-order valence-electron chi connectivity index (χ3n) is 4.25. The molecule has 0 radical (unpaired) electrons. The highest BCUT2D eigenvalue weighted by atomic mass is 32.2. The Labute approximate surface area is 132 Å². The number of hydrogen-bond acceptors (Lipinski definition) is 3. The molecule has 116 valence electrons. The van der Waals surface area contributed by atoms with Gasteiger partial charge in [0.1, 0.15) is 0 Å². The largest absolute Gasteiger partial charge is 0.396 e. The van der Waals surface area contributed by atoms with Gasteiger partial charge in [-0.1, -0.05) is 44.2 Å². The van der Waals surface area contributed by atoms with Gasteiger partial charge in [-0.05, 0) is 30.9 Å². The number of benzene rings is 1. The van der Waals surface area contributed by atoms with Crippen molar-refractivity contribution in [3.05, 3.63) is 29.8 Å². The van der Waals surface area contributed by atoms with E-state index in [1.807, 2.05) is 24.3 Å². The van der Waals surface area contributed by atoms with E-state index in [0.717, 1.165) is 30.1 Å². The van der Waals surface area contributed by atoms with E-state index in [4.69, 9.17) is 5.11 Å². The first-order valence-electron chi connectivity index (χ1n) is 8.16. The van der Waals surface area contributed by atoms with Crippen molar-refractivity contribution in [3.8, 4) is 0 Å². The van der Waals surface area contributed by atoms with E-state index in [1.54, 1.807) is 11.8 Å². The van der Waals surface area contributed by atoms with Gasteiger partial charge in [-0.15, -0.1) is 11.8 Å². The summed E-state index contributed by atoms with van der Waals surface area (Å²) in [4.78, 5) is 13.4. The Bertz CT molecular complexity index is 421. The molecule has 1 aliphatic rings. The van der Waals surface area contributed by atoms with Gasteiger partial charge in [0, 0.05) is 29.2 Å². The van der Waals surface area contributed by atoms with Crippen LogP contribution in [0.25, 0.3) is 0 Å². The molecular formula is C18H26O2S. The summed E-state index contributed by atoms with van der Waals surface area (Å²) in [6, 6.07) is 7.95. The fourth-order valence-electron chi connectivity index (χ4n) is 2.95. The summed E-state index contributed by atoms with van der Waals surface area (Å²) in [5.74, 6) is 1.98. The van der Waals surface area contributed by atoms with Gasteiger partial charge in [-0.25, -0.2) is 0 Å². The predicted molar refractivity (Wildman–Crippen MR) is 89.0 cm³/mol. The molecule has 1 aliphatic carbocycles. The molecule has 3 heteroatoms. The zero-order chi connectivity index (χ0) is 14.9. The Kier molecular flexibility index (Phi) is 7.31. The lowest BCUT2D eigenvalue weighted by Gasteiger charge is -2.20. The number of hydrogen-bond donors (Lipinski definition) is 1. The second kappa shape index (κ2) is 9.26. The summed E-state index contributed by atoms with van der Waals surface area (Å²) in [7, 11) is 0. The van der Waals surface area contributed by atoms with Crippen LogP contribution in [0.2, 0.25) is 0 Å². The number of carbonyl (C=O) groups is 1. The normalized spacial score (nSPS) is 16.0. The van der Waals surface area contributed by atoms with Crippen molar-refractivity contribution in [1.29, 1.82) is 0 Å². The summed E-state index contributed by atoms with van der Waals surface area (Å²) in [5, 5.41) is 8.77. The minimum absolute atomic E-state index is 0.241. The van der Waals surface area contributed by atoms with Crippen molar-refractivity contribution >= 4 is 17.5 Å². The number of carbonyl (C=O) groups excluding carboxylic acids is 1. The molecule has 2 nitrogen and oxygen atoms in total. The van der Waals surface area contributed by atoms with Gasteiger partial charge in [0.2, 0.25) is 0 Å². The number of ketones is 1. The lowest BCUT2D eigenvalue weighted by atomic mass is 9.85. The zero-order valence-electron chi connectivity index (χ0n) is 12.7. The fourth-order valence-corrected chi connectivity index (χ4v) is 3.78. The molecule has 0 bridgehead atoms. The van der Waals surface area contributed by atoms with Crippen LogP contribution in [0, 0.1) is 5.92 Å². The maximum Gasteiger partial charge on any atom is 0.162 e. The number of thioether (sulfide) groups is 1. The summed E-state index contributed by atoms with van der Waals surface area (Å²) in [6.07, 6.45) is 9.26. The van der Waals surface area contributed by atoms with Crippen molar-refractivity contribution in [2.75, 3.05) is 12.4 Å². The molecule has 1 N–H and O–H groups in total. The third kappa shape index (κ3) is 5.84. The molecule has 1 fully saturated rings. The standard InChI is InChI=1S/C18H26O2S/c19-13-4-14-21-17-10-8-16(9-11-17)18(20)12-7-15-5-2-1-3-6-15/h8-11,15,19H,1-7,12-14H2. The molecule has 0 spiro atoms. The van der Waals surface area contributed by atoms with Gasteiger partial charge < -0.3 is 5.11 Å². The summed E-state index contributed by atoms with van der Waals surface area (Å²) in [6.45, 7) is 0.241. The highest BCUT2D eigenvalue weighted by molar-refractivity contribution is 7.99. The Morgan fingerprint density at radius 3 is 2.52 bits per heavy atom. The number of aliphatic hydroxyl groups excluding tert-OH is 1. The minimum atomic E-state index is 0.241. The number of Topliss-reactive ketones (excluding diaryl/α,β-unsaturated/α-hetero) is 1. The lowest BCUT2D eigenvalue weighted by molar-refractivity contribution is 0.0970. The van der Waals surface area contributed by atoms with E-state index in [0.29, 0.717) is 6.42 Å². The Morgan fingerprint density at radius 2 is 1.86 bits per heavy atom. The topological polar surface area (TPSA) is 37.3 Å². The smallest absolute Gasteiger partial charge is 0.162 e. The quantitative estimate of drug-likeness (QED) is 0.429. The van der Waals surface area contributed by atoms with Crippen molar-refractivity contribution < 1.29 is 9.90 Å². The van der Waals surface area contributed by atoms with Gasteiger partial charge in [0.05, 0.1) is 0 Å². The van der Waals surface area contributed by atoms with Crippen LogP contribution >= 0.6 is 11.8 Å². The Morgan fingerprint density at radius 1 is 1.14 bits per heavy atom. The molecule has 1 aromatic rings. The van der Waals surface area contributed by atoms with Crippen LogP contribution in [0.15, 0.2) is 29.2 Å². The lowest BCUT2D eigenvalue weighted by Crippen LogP contribution is -2.09. The summed E-state index contributed by atoms with van der Waals surface area (Å²) < 4.78 is 0. The van der Waals surface area contributed by atoms with E-state index in [1.165, 1.54) is 37.0 Å². The van der Waals surface area contributed by atoms with E-state index in [9.17, 15) is 4.79 Å². The molecule has 0 atom stereocenters. The molecule has 0 aliphatic heterocycles. The van der Waals surface area contributed by atoms with Gasteiger partial charge in [0.25, 0.3) is 0 Å². The molecule has 0 amide bonds. The minimum Gasteiger partial charge on any atom is -0.396 e. The molecule has 1 aromatic carbocycles. The molecule has 0 saturated heterocycles. The maximum atomic E-state index is 12.2. The first kappa shape index (κ1) is 16.6. The zero-order valence-corrected chi connectivity index (χ0v) is 13.5. The maximum absolute atomic E-state index is 12.2. The Balaban J connectivity index is 1.76. The second-order valence-corrected chi connectivity index (χ2v) is 7.08. The fraction of sp³-hybridized carbons (Fsp3) is 0.611. The van der Waals surface area contributed by atoms with Crippen LogP contribution in [0.4, 0.5) is 0 Å².